The number of Topliss-reactive ketones (excluding diaryl/α,β-unsaturated/α-hetero) is 1. The third-order valence-electron chi connectivity index (χ3n) is 3.19. The fourth-order valence-corrected chi connectivity index (χ4v) is 2.13. The van der Waals surface area contributed by atoms with Gasteiger partial charge in [-0.1, -0.05) is 24.3 Å². The van der Waals surface area contributed by atoms with Crippen LogP contribution in [0.4, 0.5) is 0 Å². The fraction of sp³-hybridized carbons (Fsp3) is 0.250. The number of ether oxygens (including phenoxy) is 1. The molecule has 0 saturated carbocycles. The number of carboxylic acid groups (broad SMARTS) is 1. The number of aromatic carboxylic acids is 1. The van der Waals surface area contributed by atoms with Gasteiger partial charge in [-0.05, 0) is 25.0 Å². The van der Waals surface area contributed by atoms with E-state index in [0.29, 0.717) is 5.70 Å². The highest BCUT2D eigenvalue weighted by Gasteiger charge is 2.31. The second-order valence-electron chi connectivity index (χ2n) is 4.73. The highest BCUT2D eigenvalue weighted by Crippen LogP contribution is 2.20. The SMILES string of the molecule is CCOC(=O)C1=C(C)N=C(Cc2ccc(C(=O)[O-])cc2)C1=O. The van der Waals surface area contributed by atoms with Gasteiger partial charge in [0.25, 0.3) is 0 Å². The number of rotatable bonds is 5. The van der Waals surface area contributed by atoms with Crippen LogP contribution in [0.2, 0.25) is 0 Å². The van der Waals surface area contributed by atoms with E-state index in [1.54, 1.807) is 26.0 Å². The molecule has 6 nitrogen and oxygen atoms in total. The van der Waals surface area contributed by atoms with E-state index in [2.05, 4.69) is 4.99 Å². The molecule has 0 unspecified atom stereocenters. The van der Waals surface area contributed by atoms with Gasteiger partial charge in [0.15, 0.2) is 0 Å². The lowest BCUT2D eigenvalue weighted by molar-refractivity contribution is -0.255. The van der Waals surface area contributed by atoms with Crippen LogP contribution in [-0.2, 0) is 20.7 Å². The summed E-state index contributed by atoms with van der Waals surface area (Å²) in [6.45, 7) is 3.42. The average molecular weight is 300 g/mol. The summed E-state index contributed by atoms with van der Waals surface area (Å²) in [6, 6.07) is 5.96. The zero-order valence-corrected chi connectivity index (χ0v) is 12.2. The fourth-order valence-electron chi connectivity index (χ4n) is 2.13. The van der Waals surface area contributed by atoms with Crippen molar-refractivity contribution in [3.05, 3.63) is 46.7 Å². The molecule has 1 aromatic carbocycles. The minimum atomic E-state index is -1.26. The zero-order valence-electron chi connectivity index (χ0n) is 12.2. The third-order valence-corrected chi connectivity index (χ3v) is 3.19. The minimum absolute atomic E-state index is 0.0387. The van der Waals surface area contributed by atoms with Crippen molar-refractivity contribution in [2.75, 3.05) is 6.61 Å². The van der Waals surface area contributed by atoms with Crippen molar-refractivity contribution in [3.63, 3.8) is 0 Å². The van der Waals surface area contributed by atoms with Gasteiger partial charge in [0, 0.05) is 6.42 Å². The van der Waals surface area contributed by atoms with Crippen LogP contribution in [0.3, 0.4) is 0 Å². The molecule has 0 aromatic heterocycles. The number of hydrogen-bond donors (Lipinski definition) is 0. The Morgan fingerprint density at radius 1 is 1.23 bits per heavy atom. The number of allylic oxidation sites excluding steroid dienone is 1. The Morgan fingerprint density at radius 3 is 2.41 bits per heavy atom. The van der Waals surface area contributed by atoms with Crippen molar-refractivity contribution in [3.8, 4) is 0 Å². The second kappa shape index (κ2) is 6.34. The van der Waals surface area contributed by atoms with Gasteiger partial charge in [0.05, 0.1) is 24.0 Å². The van der Waals surface area contributed by atoms with E-state index < -0.39 is 17.7 Å². The molecule has 1 aliphatic heterocycles. The van der Waals surface area contributed by atoms with Crippen molar-refractivity contribution in [2.24, 2.45) is 4.99 Å². The van der Waals surface area contributed by atoms with Crippen LogP contribution in [0.1, 0.15) is 29.8 Å². The van der Waals surface area contributed by atoms with Gasteiger partial charge >= 0.3 is 5.97 Å². The molecule has 0 amide bonds. The molecule has 1 aliphatic rings. The van der Waals surface area contributed by atoms with Crippen molar-refractivity contribution >= 4 is 23.4 Å². The smallest absolute Gasteiger partial charge is 0.344 e. The number of aliphatic imine (C=N–C) groups is 1. The zero-order chi connectivity index (χ0) is 16.3. The number of carbonyl (C=O) groups is 3. The van der Waals surface area contributed by atoms with Gasteiger partial charge in [-0.25, -0.2) is 4.79 Å². The predicted octanol–water partition coefficient (Wildman–Crippen LogP) is 0.453. The second-order valence-corrected chi connectivity index (χ2v) is 4.73. The molecule has 22 heavy (non-hydrogen) atoms. The van der Waals surface area contributed by atoms with Crippen LogP contribution in [-0.4, -0.2) is 30.0 Å². The Kier molecular flexibility index (Phi) is 4.50. The molecule has 0 saturated heterocycles. The van der Waals surface area contributed by atoms with E-state index in [1.165, 1.54) is 12.1 Å². The maximum absolute atomic E-state index is 12.2. The van der Waals surface area contributed by atoms with E-state index in [-0.39, 0.29) is 29.9 Å². The first-order valence-electron chi connectivity index (χ1n) is 6.74. The molecule has 0 spiro atoms. The van der Waals surface area contributed by atoms with E-state index in [4.69, 9.17) is 4.74 Å². The number of nitrogens with zero attached hydrogens (tertiary/aromatic N) is 1. The Morgan fingerprint density at radius 2 is 1.86 bits per heavy atom. The van der Waals surface area contributed by atoms with Crippen LogP contribution in [0.5, 0.6) is 0 Å². The topological polar surface area (TPSA) is 95.9 Å². The maximum Gasteiger partial charge on any atom is 0.344 e. The molecule has 0 N–H and O–H groups in total. The van der Waals surface area contributed by atoms with Crippen molar-refractivity contribution in [2.45, 2.75) is 20.3 Å². The van der Waals surface area contributed by atoms with Crippen LogP contribution >= 0.6 is 0 Å². The number of benzene rings is 1. The van der Waals surface area contributed by atoms with Gasteiger partial charge < -0.3 is 14.6 Å². The van der Waals surface area contributed by atoms with E-state index in [9.17, 15) is 19.5 Å². The molecule has 6 heteroatoms. The summed E-state index contributed by atoms with van der Waals surface area (Å²) in [6.07, 6.45) is 0.215. The van der Waals surface area contributed by atoms with Crippen molar-refractivity contribution < 1.29 is 24.2 Å². The first-order valence-corrected chi connectivity index (χ1v) is 6.74. The van der Waals surface area contributed by atoms with Crippen LogP contribution < -0.4 is 5.11 Å². The quantitative estimate of drug-likeness (QED) is 0.581. The lowest BCUT2D eigenvalue weighted by atomic mass is 10.0. The molecule has 1 aromatic rings. The van der Waals surface area contributed by atoms with Crippen LogP contribution in [0, 0.1) is 0 Å². The molecule has 0 radical (unpaired) electrons. The lowest BCUT2D eigenvalue weighted by Gasteiger charge is -2.05. The minimum Gasteiger partial charge on any atom is -0.545 e. The van der Waals surface area contributed by atoms with Gasteiger partial charge in [0.1, 0.15) is 5.57 Å². The van der Waals surface area contributed by atoms with Gasteiger partial charge in [-0.2, -0.15) is 0 Å². The molecule has 1 heterocycles. The molecular weight excluding hydrogens is 286 g/mol. The molecule has 2 rings (SSSR count). The van der Waals surface area contributed by atoms with Gasteiger partial charge in [-0.15, -0.1) is 0 Å². The molecule has 114 valence electrons. The molecule has 0 fully saturated rings. The van der Waals surface area contributed by atoms with Crippen LogP contribution in [0.15, 0.2) is 40.5 Å². The summed E-state index contributed by atoms with van der Waals surface area (Å²) < 4.78 is 4.84. The highest BCUT2D eigenvalue weighted by atomic mass is 16.5. The predicted molar refractivity (Wildman–Crippen MR) is 76.3 cm³/mol. The van der Waals surface area contributed by atoms with E-state index >= 15 is 0 Å². The van der Waals surface area contributed by atoms with Crippen LogP contribution in [0.25, 0.3) is 0 Å². The lowest BCUT2D eigenvalue weighted by Crippen LogP contribution is -2.22. The molecular formula is C16H14NO5-. The molecule has 0 aliphatic carbocycles. The Hall–Kier alpha value is -2.76. The molecule has 0 atom stereocenters. The number of hydrogen-bond acceptors (Lipinski definition) is 6. The first-order chi connectivity index (χ1) is 10.4. The summed E-state index contributed by atoms with van der Waals surface area (Å²) in [5, 5.41) is 10.7. The van der Waals surface area contributed by atoms with Crippen molar-refractivity contribution in [1.82, 2.24) is 0 Å². The van der Waals surface area contributed by atoms with Crippen molar-refractivity contribution in [1.29, 1.82) is 0 Å². The third kappa shape index (κ3) is 3.11. The molecule has 0 bridgehead atoms. The monoisotopic (exact) mass is 300 g/mol. The van der Waals surface area contributed by atoms with Gasteiger partial charge in [0.2, 0.25) is 5.78 Å². The Balaban J connectivity index is 2.13. The average Bonchev–Trinajstić information content (AvgIpc) is 2.74. The first kappa shape index (κ1) is 15.6. The number of esters is 1. The van der Waals surface area contributed by atoms with E-state index in [0.717, 1.165) is 5.56 Å². The summed E-state index contributed by atoms with van der Waals surface area (Å²) >= 11 is 0. The summed E-state index contributed by atoms with van der Waals surface area (Å²) in [4.78, 5) is 38.8. The number of ketones is 1. The van der Waals surface area contributed by atoms with E-state index in [1.807, 2.05) is 0 Å². The Bertz CT molecular complexity index is 698. The summed E-state index contributed by atoms with van der Waals surface area (Å²) in [5.74, 6) is -2.38. The Labute approximate surface area is 127 Å². The highest BCUT2D eigenvalue weighted by molar-refractivity contribution is 6.53. The maximum atomic E-state index is 12.2. The van der Waals surface area contributed by atoms with Gasteiger partial charge in [-0.3, -0.25) is 9.79 Å². The number of carboxylic acids is 1. The normalized spacial score (nSPS) is 14.1. The largest absolute Gasteiger partial charge is 0.545 e. The summed E-state index contributed by atoms with van der Waals surface area (Å²) in [5.41, 5.74) is 1.31. The standard InChI is InChI=1S/C16H15NO5/c1-3-22-16(21)13-9(2)17-12(14(13)18)8-10-4-6-11(7-5-10)15(19)20/h4-7H,3,8H2,1-2H3,(H,19,20)/p-1. The summed E-state index contributed by atoms with van der Waals surface area (Å²) in [7, 11) is 0. The number of carbonyl (C=O) groups excluding carboxylic acids is 3.